The van der Waals surface area contributed by atoms with Crippen molar-refractivity contribution in [1.82, 2.24) is 0 Å². The second-order valence-corrected chi connectivity index (χ2v) is 2.53. The normalized spacial score (nSPS) is 12.4. The lowest BCUT2D eigenvalue weighted by Crippen LogP contribution is -1.97. The van der Waals surface area contributed by atoms with Gasteiger partial charge in [-0.1, -0.05) is 31.5 Å². The summed E-state index contributed by atoms with van der Waals surface area (Å²) in [6, 6.07) is 0. The molecule has 0 heterocycles. The lowest BCUT2D eigenvalue weighted by Gasteiger charge is -1.94. The zero-order valence-electron chi connectivity index (χ0n) is 5.37. The molecule has 0 saturated carbocycles. The van der Waals surface area contributed by atoms with Crippen molar-refractivity contribution in [2.45, 2.75) is 13.8 Å². The Morgan fingerprint density at radius 3 is 2.11 bits per heavy atom. The molecular weight excluding hydrogens is 144 g/mol. The minimum atomic E-state index is -2.52. The zero-order chi connectivity index (χ0) is 7.44. The Kier molecular flexibility index (Phi) is 3.86. The van der Waals surface area contributed by atoms with Gasteiger partial charge in [0.15, 0.2) is 0 Å². The van der Waals surface area contributed by atoms with Crippen molar-refractivity contribution >= 4 is 18.9 Å². The molecule has 0 rings (SSSR count). The van der Waals surface area contributed by atoms with Crippen molar-refractivity contribution in [3.63, 3.8) is 0 Å². The molecular formula is C5H8BClF2. The van der Waals surface area contributed by atoms with Crippen LogP contribution in [0.5, 0.6) is 0 Å². The molecule has 0 radical (unpaired) electrons. The lowest BCUT2D eigenvalue weighted by molar-refractivity contribution is 0.678. The number of halogens is 3. The first-order valence-electron chi connectivity index (χ1n) is 2.69. The molecule has 0 aromatic rings. The van der Waals surface area contributed by atoms with Gasteiger partial charge in [0, 0.05) is 0 Å². The van der Waals surface area contributed by atoms with E-state index in [1.54, 1.807) is 13.8 Å². The van der Waals surface area contributed by atoms with E-state index in [1.807, 2.05) is 0 Å². The SMILES string of the molecule is CC(C)/C=C(/Cl)B(F)F. The highest BCUT2D eigenvalue weighted by atomic mass is 35.5. The van der Waals surface area contributed by atoms with Gasteiger partial charge in [0.25, 0.3) is 0 Å². The quantitative estimate of drug-likeness (QED) is 0.534. The molecule has 0 unspecified atom stereocenters. The average Bonchev–Trinajstić information content (AvgIpc) is 1.63. The van der Waals surface area contributed by atoms with Gasteiger partial charge in [-0.15, -0.1) is 0 Å². The monoisotopic (exact) mass is 152 g/mol. The molecule has 0 atom stereocenters. The molecule has 0 spiro atoms. The molecule has 9 heavy (non-hydrogen) atoms. The van der Waals surface area contributed by atoms with Crippen LogP contribution in [0.25, 0.3) is 0 Å². The Labute approximate surface area is 59.1 Å². The van der Waals surface area contributed by atoms with Gasteiger partial charge in [0.2, 0.25) is 0 Å². The summed E-state index contributed by atoms with van der Waals surface area (Å²) in [7, 11) is -2.52. The van der Waals surface area contributed by atoms with Crippen LogP contribution in [0.2, 0.25) is 0 Å². The topological polar surface area (TPSA) is 0 Å². The van der Waals surface area contributed by atoms with E-state index in [0.717, 1.165) is 0 Å². The van der Waals surface area contributed by atoms with Crippen LogP contribution in [0, 0.1) is 5.92 Å². The summed E-state index contributed by atoms with van der Waals surface area (Å²) in [6.45, 7) is 3.59. The van der Waals surface area contributed by atoms with E-state index in [4.69, 9.17) is 11.6 Å². The van der Waals surface area contributed by atoms with Crippen molar-refractivity contribution in [2.75, 3.05) is 0 Å². The maximum Gasteiger partial charge on any atom is 0.583 e. The number of hydrogen-bond acceptors (Lipinski definition) is 0. The van der Waals surface area contributed by atoms with Gasteiger partial charge in [-0.25, -0.2) is 0 Å². The fourth-order valence-corrected chi connectivity index (χ4v) is 0.643. The maximum absolute atomic E-state index is 11.6. The molecule has 0 aromatic carbocycles. The fraction of sp³-hybridized carbons (Fsp3) is 0.600. The predicted molar refractivity (Wildman–Crippen MR) is 36.7 cm³/mol. The van der Waals surface area contributed by atoms with E-state index in [2.05, 4.69) is 0 Å². The highest BCUT2D eigenvalue weighted by Gasteiger charge is 2.16. The summed E-state index contributed by atoms with van der Waals surface area (Å²) in [5.41, 5.74) is 0. The molecule has 0 aliphatic rings. The number of rotatable bonds is 2. The summed E-state index contributed by atoms with van der Waals surface area (Å²) in [4.78, 5) is -0.356. The average molecular weight is 152 g/mol. The zero-order valence-corrected chi connectivity index (χ0v) is 6.12. The van der Waals surface area contributed by atoms with Gasteiger partial charge < -0.3 is 0 Å². The van der Waals surface area contributed by atoms with Gasteiger partial charge >= 0.3 is 7.27 Å². The van der Waals surface area contributed by atoms with E-state index in [9.17, 15) is 8.63 Å². The van der Waals surface area contributed by atoms with E-state index in [1.165, 1.54) is 6.08 Å². The maximum atomic E-state index is 11.6. The van der Waals surface area contributed by atoms with Gasteiger partial charge in [0.05, 0.1) is 4.93 Å². The minimum Gasteiger partial charge on any atom is -0.280 e. The summed E-state index contributed by atoms with van der Waals surface area (Å²) in [5, 5.41) is 0. The van der Waals surface area contributed by atoms with E-state index >= 15 is 0 Å². The summed E-state index contributed by atoms with van der Waals surface area (Å²) in [6.07, 6.45) is 1.34. The fourth-order valence-electron chi connectivity index (χ4n) is 0.391. The van der Waals surface area contributed by atoms with Crippen LogP contribution in [-0.4, -0.2) is 7.27 Å². The van der Waals surface area contributed by atoms with Crippen molar-refractivity contribution < 1.29 is 8.63 Å². The van der Waals surface area contributed by atoms with Crippen LogP contribution >= 0.6 is 11.6 Å². The Hall–Kier alpha value is -0.0451. The first-order valence-corrected chi connectivity index (χ1v) is 3.07. The molecule has 0 bridgehead atoms. The molecule has 52 valence electrons. The summed E-state index contributed by atoms with van der Waals surface area (Å²) in [5.74, 6) is 0.0894. The second-order valence-electron chi connectivity index (χ2n) is 2.10. The Bertz CT molecular complexity index is 112. The van der Waals surface area contributed by atoms with Gasteiger partial charge in [0.1, 0.15) is 0 Å². The van der Waals surface area contributed by atoms with Gasteiger partial charge in [-0.3, -0.25) is 8.63 Å². The van der Waals surface area contributed by atoms with E-state index < -0.39 is 7.27 Å². The van der Waals surface area contributed by atoms with Crippen LogP contribution in [0.1, 0.15) is 13.8 Å². The van der Waals surface area contributed by atoms with Crippen LogP contribution in [0.3, 0.4) is 0 Å². The van der Waals surface area contributed by atoms with Crippen LogP contribution in [0.4, 0.5) is 8.63 Å². The molecule has 4 heteroatoms. The van der Waals surface area contributed by atoms with Crippen molar-refractivity contribution in [3.05, 3.63) is 11.0 Å². The third-order valence-corrected chi connectivity index (χ3v) is 0.992. The Morgan fingerprint density at radius 2 is 2.00 bits per heavy atom. The molecule has 0 aromatic heterocycles. The molecule has 0 aliphatic carbocycles. The molecule has 0 amide bonds. The molecule has 0 fully saturated rings. The van der Waals surface area contributed by atoms with Crippen molar-refractivity contribution in [3.8, 4) is 0 Å². The smallest absolute Gasteiger partial charge is 0.280 e. The molecule has 0 nitrogen and oxygen atoms in total. The molecule has 0 aliphatic heterocycles. The Morgan fingerprint density at radius 1 is 1.56 bits per heavy atom. The number of hydrogen-bond donors (Lipinski definition) is 0. The van der Waals surface area contributed by atoms with Crippen molar-refractivity contribution in [1.29, 1.82) is 0 Å². The van der Waals surface area contributed by atoms with Crippen LogP contribution in [0.15, 0.2) is 11.0 Å². The van der Waals surface area contributed by atoms with Crippen LogP contribution in [-0.2, 0) is 0 Å². The summed E-state index contributed by atoms with van der Waals surface area (Å²) < 4.78 is 23.2. The third-order valence-electron chi connectivity index (χ3n) is 0.701. The van der Waals surface area contributed by atoms with E-state index in [0.29, 0.717) is 0 Å². The number of allylic oxidation sites excluding steroid dienone is 1. The largest absolute Gasteiger partial charge is 0.583 e. The first-order chi connectivity index (χ1) is 4.04. The highest BCUT2D eigenvalue weighted by Crippen LogP contribution is 2.11. The standard InChI is InChI=1S/C5H8BClF2/c1-4(2)3-5(7)6(8)9/h3-4H,1-2H3/b5-3+. The van der Waals surface area contributed by atoms with Crippen LogP contribution < -0.4 is 0 Å². The minimum absolute atomic E-state index is 0.0894. The van der Waals surface area contributed by atoms with Gasteiger partial charge in [-0.05, 0) is 5.92 Å². The van der Waals surface area contributed by atoms with Gasteiger partial charge in [-0.2, -0.15) is 0 Å². The van der Waals surface area contributed by atoms with Crippen molar-refractivity contribution in [2.24, 2.45) is 5.92 Å². The summed E-state index contributed by atoms with van der Waals surface area (Å²) >= 11 is 5.12. The lowest BCUT2D eigenvalue weighted by atomic mass is 9.96. The predicted octanol–water partition coefficient (Wildman–Crippen LogP) is 2.73. The molecule has 0 saturated heterocycles. The highest BCUT2D eigenvalue weighted by molar-refractivity contribution is 6.68. The third kappa shape index (κ3) is 4.46. The Balaban J connectivity index is 3.84. The molecule has 0 N–H and O–H groups in total. The van der Waals surface area contributed by atoms with E-state index in [-0.39, 0.29) is 10.8 Å². The second kappa shape index (κ2) is 3.88. The first kappa shape index (κ1) is 8.95.